The molecule has 0 unspecified atom stereocenters. The van der Waals surface area contributed by atoms with Crippen molar-refractivity contribution >= 4 is 11.9 Å². The maximum Gasteiger partial charge on any atom is 0.335 e. The van der Waals surface area contributed by atoms with E-state index in [1.165, 1.54) is 0 Å². The van der Waals surface area contributed by atoms with E-state index in [0.717, 1.165) is 5.56 Å². The Bertz CT molecular complexity index is 739. The molecule has 23 heavy (non-hydrogen) atoms. The Balaban J connectivity index is 1.57. The third-order valence-electron chi connectivity index (χ3n) is 3.54. The number of carbonyl (C=O) groups excluding carboxylic acids is 1. The van der Waals surface area contributed by atoms with E-state index in [1.807, 2.05) is 0 Å². The van der Waals surface area contributed by atoms with Gasteiger partial charge in [0, 0.05) is 6.54 Å². The summed E-state index contributed by atoms with van der Waals surface area (Å²) >= 11 is 0. The molecule has 2 aromatic rings. The second kappa shape index (κ2) is 6.39. The van der Waals surface area contributed by atoms with Crippen LogP contribution in [0.4, 0.5) is 0 Å². The highest BCUT2D eigenvalue weighted by Gasteiger charge is 2.21. The minimum atomic E-state index is -0.954. The summed E-state index contributed by atoms with van der Waals surface area (Å²) in [7, 11) is 0. The van der Waals surface area contributed by atoms with Crippen LogP contribution in [0.3, 0.4) is 0 Å². The van der Waals surface area contributed by atoms with E-state index in [9.17, 15) is 9.59 Å². The SMILES string of the molecule is O=C(O)c1ccc(CCNC(=O)c2cccc3c2OCO3)cc1. The molecule has 1 aliphatic heterocycles. The zero-order valence-corrected chi connectivity index (χ0v) is 12.2. The molecule has 0 saturated carbocycles. The van der Waals surface area contributed by atoms with Gasteiger partial charge in [0.1, 0.15) is 0 Å². The number of hydrogen-bond donors (Lipinski definition) is 2. The van der Waals surface area contributed by atoms with Gasteiger partial charge in [-0.2, -0.15) is 0 Å². The Labute approximate surface area is 132 Å². The third-order valence-corrected chi connectivity index (χ3v) is 3.54. The number of carbonyl (C=O) groups is 2. The molecule has 3 rings (SSSR count). The van der Waals surface area contributed by atoms with E-state index >= 15 is 0 Å². The third kappa shape index (κ3) is 3.26. The summed E-state index contributed by atoms with van der Waals surface area (Å²) in [6.45, 7) is 0.561. The van der Waals surface area contributed by atoms with Crippen molar-refractivity contribution in [1.82, 2.24) is 5.32 Å². The Kier molecular flexibility index (Phi) is 4.14. The summed E-state index contributed by atoms with van der Waals surface area (Å²) in [4.78, 5) is 23.0. The average Bonchev–Trinajstić information content (AvgIpc) is 3.03. The molecule has 0 saturated heterocycles. The summed E-state index contributed by atoms with van der Waals surface area (Å²) in [5.74, 6) is -0.141. The zero-order valence-electron chi connectivity index (χ0n) is 12.2. The first kappa shape index (κ1) is 14.9. The highest BCUT2D eigenvalue weighted by Crippen LogP contribution is 2.35. The van der Waals surface area contributed by atoms with Gasteiger partial charge >= 0.3 is 5.97 Å². The summed E-state index contributed by atoms with van der Waals surface area (Å²) in [5.41, 5.74) is 1.64. The van der Waals surface area contributed by atoms with Gasteiger partial charge in [-0.3, -0.25) is 4.79 Å². The highest BCUT2D eigenvalue weighted by atomic mass is 16.7. The molecule has 0 aromatic heterocycles. The van der Waals surface area contributed by atoms with Crippen molar-refractivity contribution in [3.8, 4) is 11.5 Å². The van der Waals surface area contributed by atoms with E-state index in [4.69, 9.17) is 14.6 Å². The van der Waals surface area contributed by atoms with Gasteiger partial charge in [0.25, 0.3) is 5.91 Å². The molecule has 6 heteroatoms. The Morgan fingerprint density at radius 1 is 1.09 bits per heavy atom. The lowest BCUT2D eigenvalue weighted by atomic mass is 10.1. The number of rotatable bonds is 5. The van der Waals surface area contributed by atoms with Crippen LogP contribution in [-0.2, 0) is 6.42 Å². The van der Waals surface area contributed by atoms with Crippen molar-refractivity contribution in [3.63, 3.8) is 0 Å². The van der Waals surface area contributed by atoms with Crippen molar-refractivity contribution in [2.24, 2.45) is 0 Å². The van der Waals surface area contributed by atoms with Gasteiger partial charge in [-0.15, -0.1) is 0 Å². The Morgan fingerprint density at radius 3 is 2.61 bits per heavy atom. The molecule has 0 spiro atoms. The smallest absolute Gasteiger partial charge is 0.335 e. The van der Waals surface area contributed by atoms with Crippen molar-refractivity contribution < 1.29 is 24.2 Å². The average molecular weight is 313 g/mol. The molecule has 2 N–H and O–H groups in total. The molecule has 6 nitrogen and oxygen atoms in total. The van der Waals surface area contributed by atoms with E-state index in [0.29, 0.717) is 30.0 Å². The molecular formula is C17H15NO5. The largest absolute Gasteiger partial charge is 0.478 e. The maximum atomic E-state index is 12.2. The molecular weight excluding hydrogens is 298 g/mol. The number of benzene rings is 2. The molecule has 1 amide bonds. The lowest BCUT2D eigenvalue weighted by Gasteiger charge is -2.08. The summed E-state index contributed by atoms with van der Waals surface area (Å²) < 4.78 is 10.6. The molecule has 2 aromatic carbocycles. The van der Waals surface area contributed by atoms with Gasteiger partial charge in [0.2, 0.25) is 6.79 Å². The van der Waals surface area contributed by atoms with Crippen molar-refractivity contribution in [1.29, 1.82) is 0 Å². The van der Waals surface area contributed by atoms with Crippen molar-refractivity contribution in [2.45, 2.75) is 6.42 Å². The quantitative estimate of drug-likeness (QED) is 0.883. The van der Waals surface area contributed by atoms with Gasteiger partial charge in [0.05, 0.1) is 11.1 Å². The molecule has 0 atom stereocenters. The normalized spacial score (nSPS) is 12.0. The van der Waals surface area contributed by atoms with E-state index < -0.39 is 5.97 Å². The molecule has 1 heterocycles. The van der Waals surface area contributed by atoms with Crippen molar-refractivity contribution in [2.75, 3.05) is 13.3 Å². The van der Waals surface area contributed by atoms with Crippen LogP contribution in [0.15, 0.2) is 42.5 Å². The summed E-state index contributed by atoms with van der Waals surface area (Å²) in [5, 5.41) is 11.7. The number of aromatic carboxylic acids is 1. The Morgan fingerprint density at radius 2 is 1.87 bits per heavy atom. The fourth-order valence-corrected chi connectivity index (χ4v) is 2.34. The second-order valence-corrected chi connectivity index (χ2v) is 5.05. The topological polar surface area (TPSA) is 84.9 Å². The number of carboxylic acid groups (broad SMARTS) is 1. The minimum absolute atomic E-state index is 0.121. The molecule has 118 valence electrons. The van der Waals surface area contributed by atoms with Crippen LogP contribution in [0.2, 0.25) is 0 Å². The first-order chi connectivity index (χ1) is 11.1. The molecule has 0 aliphatic carbocycles. The first-order valence-electron chi connectivity index (χ1n) is 7.14. The highest BCUT2D eigenvalue weighted by molar-refractivity contribution is 5.97. The number of fused-ring (bicyclic) bond motifs is 1. The van der Waals surface area contributed by atoms with Crippen LogP contribution in [0.5, 0.6) is 11.5 Å². The molecule has 0 bridgehead atoms. The minimum Gasteiger partial charge on any atom is -0.478 e. The number of para-hydroxylation sites is 1. The first-order valence-corrected chi connectivity index (χ1v) is 7.14. The fourth-order valence-electron chi connectivity index (χ4n) is 2.34. The van der Waals surface area contributed by atoms with E-state index in [1.54, 1.807) is 42.5 Å². The van der Waals surface area contributed by atoms with Gasteiger partial charge in [-0.1, -0.05) is 18.2 Å². The van der Waals surface area contributed by atoms with Crippen LogP contribution in [-0.4, -0.2) is 30.3 Å². The maximum absolute atomic E-state index is 12.2. The second-order valence-electron chi connectivity index (χ2n) is 5.05. The lowest BCUT2D eigenvalue weighted by molar-refractivity contribution is 0.0696. The summed E-state index contributed by atoms with van der Waals surface area (Å²) in [6, 6.07) is 11.8. The predicted octanol–water partition coefficient (Wildman–Crippen LogP) is 2.09. The lowest BCUT2D eigenvalue weighted by Crippen LogP contribution is -2.26. The number of nitrogens with one attached hydrogen (secondary N) is 1. The van der Waals surface area contributed by atoms with Gasteiger partial charge in [0.15, 0.2) is 11.5 Å². The number of carboxylic acids is 1. The van der Waals surface area contributed by atoms with Crippen LogP contribution >= 0.6 is 0 Å². The molecule has 0 radical (unpaired) electrons. The van der Waals surface area contributed by atoms with E-state index in [2.05, 4.69) is 5.32 Å². The van der Waals surface area contributed by atoms with Crippen molar-refractivity contribution in [3.05, 3.63) is 59.2 Å². The zero-order chi connectivity index (χ0) is 16.2. The van der Waals surface area contributed by atoms with Crippen LogP contribution in [0.25, 0.3) is 0 Å². The van der Waals surface area contributed by atoms with E-state index in [-0.39, 0.29) is 18.3 Å². The fraction of sp³-hybridized carbons (Fsp3) is 0.176. The van der Waals surface area contributed by atoms with Gasteiger partial charge in [-0.05, 0) is 36.2 Å². The summed E-state index contributed by atoms with van der Waals surface area (Å²) in [6.07, 6.45) is 0.609. The number of amides is 1. The number of ether oxygens (including phenoxy) is 2. The Hall–Kier alpha value is -3.02. The standard InChI is InChI=1S/C17H15NO5/c19-16(13-2-1-3-14-15(13)23-10-22-14)18-9-8-11-4-6-12(7-5-11)17(20)21/h1-7H,8-10H2,(H,18,19)(H,20,21). The van der Waals surface area contributed by atoms with Crippen LogP contribution < -0.4 is 14.8 Å². The molecule has 0 fully saturated rings. The van der Waals surface area contributed by atoms with Gasteiger partial charge in [-0.25, -0.2) is 4.79 Å². The molecule has 1 aliphatic rings. The number of hydrogen-bond acceptors (Lipinski definition) is 4. The van der Waals surface area contributed by atoms with Crippen LogP contribution in [0, 0.1) is 0 Å². The monoisotopic (exact) mass is 313 g/mol. The predicted molar refractivity (Wildman–Crippen MR) is 82.0 cm³/mol. The van der Waals surface area contributed by atoms with Gasteiger partial charge < -0.3 is 19.9 Å². The van der Waals surface area contributed by atoms with Crippen LogP contribution in [0.1, 0.15) is 26.3 Å².